The van der Waals surface area contributed by atoms with E-state index >= 15 is 0 Å². The van der Waals surface area contributed by atoms with Crippen LogP contribution in [0.1, 0.15) is 40.7 Å². The van der Waals surface area contributed by atoms with Gasteiger partial charge in [0.1, 0.15) is 12.0 Å². The average Bonchev–Trinajstić information content (AvgIpc) is 3.18. The molecule has 0 bridgehead atoms. The Morgan fingerprint density at radius 2 is 2.25 bits per heavy atom. The van der Waals surface area contributed by atoms with Gasteiger partial charge in [0.15, 0.2) is 11.6 Å². The molecule has 1 saturated carbocycles. The number of aliphatic hydroxyl groups excluding tert-OH is 1. The second-order valence-corrected chi connectivity index (χ2v) is 4.81. The van der Waals surface area contributed by atoms with E-state index in [1.165, 1.54) is 18.4 Å². The minimum absolute atomic E-state index is 0.101. The van der Waals surface area contributed by atoms with Crippen LogP contribution in [0.25, 0.3) is 0 Å². The Morgan fingerprint density at radius 1 is 1.45 bits per heavy atom. The summed E-state index contributed by atoms with van der Waals surface area (Å²) in [7, 11) is 0. The molecule has 1 heterocycles. The van der Waals surface area contributed by atoms with Crippen LogP contribution < -0.4 is 5.32 Å². The number of rotatable bonds is 4. The molecule has 2 aromatic rings. The number of phenolic OH excluding ortho intramolecular Hbond substituents is 1. The van der Waals surface area contributed by atoms with Crippen molar-refractivity contribution in [3.8, 4) is 5.75 Å². The zero-order valence-corrected chi connectivity index (χ0v) is 10.7. The summed E-state index contributed by atoms with van der Waals surface area (Å²) in [6.07, 6.45) is 3.41. The van der Waals surface area contributed by atoms with Gasteiger partial charge in [-0.05, 0) is 30.5 Å². The highest BCUT2D eigenvalue weighted by Gasteiger charge is 2.29. The molecule has 0 aliphatic heterocycles. The lowest BCUT2D eigenvalue weighted by atomic mass is 10.2. The van der Waals surface area contributed by atoms with E-state index in [-0.39, 0.29) is 23.7 Å². The number of hydrogen-bond donors (Lipinski definition) is 3. The number of oxazole rings is 1. The number of amides is 1. The zero-order valence-electron chi connectivity index (χ0n) is 10.7. The number of carbonyl (C=O) groups is 1. The van der Waals surface area contributed by atoms with Crippen molar-refractivity contribution in [2.45, 2.75) is 25.4 Å². The topological polar surface area (TPSA) is 95.6 Å². The lowest BCUT2D eigenvalue weighted by molar-refractivity contribution is 0.102. The van der Waals surface area contributed by atoms with Crippen LogP contribution in [0.15, 0.2) is 28.9 Å². The highest BCUT2D eigenvalue weighted by Crippen LogP contribution is 2.39. The van der Waals surface area contributed by atoms with Crippen molar-refractivity contribution in [1.29, 1.82) is 0 Å². The highest BCUT2D eigenvalue weighted by molar-refractivity contribution is 6.03. The molecule has 6 heteroatoms. The number of aromatic nitrogens is 1. The van der Waals surface area contributed by atoms with Crippen molar-refractivity contribution < 1.29 is 19.4 Å². The van der Waals surface area contributed by atoms with Gasteiger partial charge in [0.05, 0.1) is 12.3 Å². The predicted octanol–water partition coefficient (Wildman–Crippen LogP) is 2.00. The van der Waals surface area contributed by atoms with Crippen LogP contribution in [0.4, 0.5) is 5.69 Å². The van der Waals surface area contributed by atoms with Gasteiger partial charge >= 0.3 is 0 Å². The molecule has 1 aromatic carbocycles. The van der Waals surface area contributed by atoms with Crippen LogP contribution in [0.5, 0.6) is 5.75 Å². The normalized spacial score (nSPS) is 14.2. The molecule has 6 nitrogen and oxygen atoms in total. The van der Waals surface area contributed by atoms with Gasteiger partial charge in [0, 0.05) is 5.92 Å². The molecular formula is C14H14N2O4. The average molecular weight is 274 g/mol. The molecule has 3 N–H and O–H groups in total. The Labute approximate surface area is 115 Å². The van der Waals surface area contributed by atoms with Crippen LogP contribution in [-0.2, 0) is 6.61 Å². The van der Waals surface area contributed by atoms with Crippen molar-refractivity contribution in [1.82, 2.24) is 4.98 Å². The zero-order chi connectivity index (χ0) is 14.1. The van der Waals surface area contributed by atoms with Gasteiger partial charge < -0.3 is 19.9 Å². The summed E-state index contributed by atoms with van der Waals surface area (Å²) in [4.78, 5) is 16.1. The molecule has 1 amide bonds. The first-order valence-electron chi connectivity index (χ1n) is 6.37. The van der Waals surface area contributed by atoms with Gasteiger partial charge in [-0.2, -0.15) is 0 Å². The van der Waals surface area contributed by atoms with E-state index in [0.29, 0.717) is 17.4 Å². The Kier molecular flexibility index (Phi) is 3.15. The minimum atomic E-state index is -0.437. The number of hydrogen-bond acceptors (Lipinski definition) is 5. The fraction of sp³-hybridized carbons (Fsp3) is 0.286. The summed E-state index contributed by atoms with van der Waals surface area (Å²) < 4.78 is 5.25. The van der Waals surface area contributed by atoms with E-state index in [9.17, 15) is 9.90 Å². The molecule has 1 aromatic heterocycles. The maximum Gasteiger partial charge on any atom is 0.277 e. The third-order valence-electron chi connectivity index (χ3n) is 3.17. The van der Waals surface area contributed by atoms with Gasteiger partial charge in [0.25, 0.3) is 5.91 Å². The van der Waals surface area contributed by atoms with Crippen molar-refractivity contribution in [2.75, 3.05) is 5.32 Å². The third kappa shape index (κ3) is 2.50. The Hall–Kier alpha value is -2.34. The summed E-state index contributed by atoms with van der Waals surface area (Å²) in [5, 5.41) is 21.3. The van der Waals surface area contributed by atoms with Crippen LogP contribution in [0, 0.1) is 0 Å². The third-order valence-corrected chi connectivity index (χ3v) is 3.17. The number of nitrogens with zero attached hydrogens (tertiary/aromatic N) is 1. The lowest BCUT2D eigenvalue weighted by Crippen LogP contribution is -2.12. The van der Waals surface area contributed by atoms with Gasteiger partial charge in [-0.1, -0.05) is 6.07 Å². The molecule has 3 rings (SSSR count). The van der Waals surface area contributed by atoms with Crippen LogP contribution >= 0.6 is 0 Å². The maximum atomic E-state index is 12.0. The monoisotopic (exact) mass is 274 g/mol. The van der Waals surface area contributed by atoms with Crippen molar-refractivity contribution >= 4 is 11.6 Å². The largest absolute Gasteiger partial charge is 0.506 e. The fourth-order valence-electron chi connectivity index (χ4n) is 1.88. The molecule has 1 fully saturated rings. The van der Waals surface area contributed by atoms with E-state index in [1.54, 1.807) is 6.07 Å². The summed E-state index contributed by atoms with van der Waals surface area (Å²) in [6, 6.07) is 4.54. The van der Waals surface area contributed by atoms with Crippen LogP contribution in [0.3, 0.4) is 0 Å². The Bertz CT molecular complexity index is 646. The molecule has 1 aliphatic carbocycles. The molecule has 0 radical (unpaired) electrons. The SMILES string of the molecule is O=C(Nc1ccc(CO)cc1O)c1coc(C2CC2)n1. The number of aliphatic hydroxyl groups is 1. The van der Waals surface area contributed by atoms with Gasteiger partial charge in [-0.15, -0.1) is 0 Å². The van der Waals surface area contributed by atoms with E-state index in [1.807, 2.05) is 0 Å². The lowest BCUT2D eigenvalue weighted by Gasteiger charge is -2.06. The first-order valence-corrected chi connectivity index (χ1v) is 6.37. The summed E-state index contributed by atoms with van der Waals surface area (Å²) in [5.41, 5.74) is 1.03. The second-order valence-electron chi connectivity index (χ2n) is 4.81. The first-order chi connectivity index (χ1) is 9.67. The fourth-order valence-corrected chi connectivity index (χ4v) is 1.88. The summed E-state index contributed by atoms with van der Waals surface area (Å²) >= 11 is 0. The van der Waals surface area contributed by atoms with Crippen LogP contribution in [0.2, 0.25) is 0 Å². The molecular weight excluding hydrogens is 260 g/mol. The Balaban J connectivity index is 1.74. The van der Waals surface area contributed by atoms with E-state index in [2.05, 4.69) is 10.3 Å². The number of aromatic hydroxyl groups is 1. The van der Waals surface area contributed by atoms with Crippen LogP contribution in [-0.4, -0.2) is 21.1 Å². The van der Waals surface area contributed by atoms with Gasteiger partial charge in [-0.25, -0.2) is 4.98 Å². The minimum Gasteiger partial charge on any atom is -0.506 e. The van der Waals surface area contributed by atoms with Crippen molar-refractivity contribution in [3.05, 3.63) is 41.6 Å². The standard InChI is InChI=1S/C14H14N2O4/c17-6-8-1-4-10(12(18)5-8)15-13(19)11-7-20-14(16-11)9-2-3-9/h1,4-5,7,9,17-18H,2-3,6H2,(H,15,19). The van der Waals surface area contributed by atoms with E-state index in [4.69, 9.17) is 9.52 Å². The summed E-state index contributed by atoms with van der Waals surface area (Å²) in [6.45, 7) is -0.171. The van der Waals surface area contributed by atoms with Crippen molar-refractivity contribution in [2.24, 2.45) is 0 Å². The summed E-state index contributed by atoms with van der Waals surface area (Å²) in [5.74, 6) is 0.396. The van der Waals surface area contributed by atoms with Gasteiger partial charge in [-0.3, -0.25) is 4.79 Å². The maximum absolute atomic E-state index is 12.0. The molecule has 0 atom stereocenters. The van der Waals surface area contributed by atoms with Gasteiger partial charge in [0.2, 0.25) is 0 Å². The number of anilines is 1. The predicted molar refractivity (Wildman–Crippen MR) is 70.5 cm³/mol. The number of carbonyl (C=O) groups excluding carboxylic acids is 1. The number of benzene rings is 1. The first kappa shape index (κ1) is 12.7. The highest BCUT2D eigenvalue weighted by atomic mass is 16.3. The van der Waals surface area contributed by atoms with E-state index in [0.717, 1.165) is 12.8 Å². The molecule has 20 heavy (non-hydrogen) atoms. The molecule has 0 spiro atoms. The molecule has 0 saturated heterocycles. The molecule has 1 aliphatic rings. The smallest absolute Gasteiger partial charge is 0.277 e. The number of nitrogens with one attached hydrogen (secondary N) is 1. The molecule has 0 unspecified atom stereocenters. The number of phenols is 1. The van der Waals surface area contributed by atoms with Crippen molar-refractivity contribution in [3.63, 3.8) is 0 Å². The Morgan fingerprint density at radius 3 is 2.90 bits per heavy atom. The van der Waals surface area contributed by atoms with E-state index < -0.39 is 5.91 Å². The quantitative estimate of drug-likeness (QED) is 0.741. The second kappa shape index (κ2) is 4.97. The molecule has 104 valence electrons.